The van der Waals surface area contributed by atoms with Crippen molar-refractivity contribution < 1.29 is 13.5 Å². The van der Waals surface area contributed by atoms with Crippen LogP contribution < -0.4 is 0 Å². The smallest absolute Gasteiger partial charge is 0.244 e. The fourth-order valence-corrected chi connectivity index (χ4v) is 3.67. The summed E-state index contributed by atoms with van der Waals surface area (Å²) in [5.41, 5.74) is 0.431. The van der Waals surface area contributed by atoms with E-state index in [-0.39, 0.29) is 11.5 Å². The van der Waals surface area contributed by atoms with Crippen LogP contribution in [0.3, 0.4) is 0 Å². The van der Waals surface area contributed by atoms with Crippen molar-refractivity contribution in [2.24, 2.45) is 0 Å². The number of sulfonamides is 1. The summed E-state index contributed by atoms with van der Waals surface area (Å²) in [6.45, 7) is 2.14. The van der Waals surface area contributed by atoms with Crippen molar-refractivity contribution in [3.05, 3.63) is 29.8 Å². The van der Waals surface area contributed by atoms with E-state index in [9.17, 15) is 8.42 Å². The molecule has 0 unspecified atom stereocenters. The molecule has 1 aliphatic rings. The maximum atomic E-state index is 12.7. The number of hydrogen-bond donors (Lipinski definition) is 1. The Morgan fingerprint density at radius 3 is 2.50 bits per heavy atom. The van der Waals surface area contributed by atoms with Crippen molar-refractivity contribution >= 4 is 10.0 Å². The molecule has 5 nitrogen and oxygen atoms in total. The van der Waals surface area contributed by atoms with Crippen LogP contribution >= 0.6 is 0 Å². The van der Waals surface area contributed by atoms with Crippen LogP contribution in [0.25, 0.3) is 0 Å². The zero-order valence-corrected chi connectivity index (χ0v) is 12.2. The van der Waals surface area contributed by atoms with E-state index in [1.807, 2.05) is 7.05 Å². The third kappa shape index (κ3) is 3.19. The van der Waals surface area contributed by atoms with E-state index in [2.05, 4.69) is 16.7 Å². The topological polar surface area (TPSA) is 60.9 Å². The summed E-state index contributed by atoms with van der Waals surface area (Å²) >= 11 is 0. The Kier molecular flexibility index (Phi) is 4.78. The standard InChI is InChI=1S/C14H18N2O3S/c1-15-8-10-16(11-9-15)20(18,19)14-7-3-2-5-13(14)6-4-12-17/h2-3,5,7,17H,8-12H2,1H3. The molecule has 1 aliphatic heterocycles. The fraction of sp³-hybridized carbons (Fsp3) is 0.429. The molecule has 1 heterocycles. The van der Waals surface area contributed by atoms with Gasteiger partial charge in [0.05, 0.1) is 4.90 Å². The predicted molar refractivity (Wildman–Crippen MR) is 76.7 cm³/mol. The molecule has 1 aromatic rings. The number of nitrogens with zero attached hydrogens (tertiary/aromatic N) is 2. The van der Waals surface area contributed by atoms with Gasteiger partial charge >= 0.3 is 0 Å². The molecule has 2 rings (SSSR count). The number of aliphatic hydroxyl groups excluding tert-OH is 1. The molecule has 20 heavy (non-hydrogen) atoms. The largest absolute Gasteiger partial charge is 0.384 e. The number of piperazine rings is 1. The van der Waals surface area contributed by atoms with E-state index >= 15 is 0 Å². The van der Waals surface area contributed by atoms with Gasteiger partial charge in [-0.1, -0.05) is 24.0 Å². The van der Waals surface area contributed by atoms with Gasteiger partial charge in [-0.05, 0) is 19.2 Å². The molecule has 1 saturated heterocycles. The lowest BCUT2D eigenvalue weighted by Gasteiger charge is -2.31. The van der Waals surface area contributed by atoms with Gasteiger partial charge in [-0.25, -0.2) is 8.42 Å². The van der Waals surface area contributed by atoms with E-state index in [0.29, 0.717) is 18.7 Å². The van der Waals surface area contributed by atoms with Crippen LogP contribution in [0.4, 0.5) is 0 Å². The SMILES string of the molecule is CN1CCN(S(=O)(=O)c2ccccc2C#CCO)CC1. The number of aliphatic hydroxyl groups is 1. The summed E-state index contributed by atoms with van der Waals surface area (Å²) in [7, 11) is -1.55. The molecule has 0 spiro atoms. The van der Waals surface area contributed by atoms with Gasteiger partial charge in [0.25, 0.3) is 0 Å². The van der Waals surface area contributed by atoms with Crippen LogP contribution in [-0.2, 0) is 10.0 Å². The predicted octanol–water partition coefficient (Wildman–Crippen LogP) is -0.0335. The lowest BCUT2D eigenvalue weighted by Crippen LogP contribution is -2.47. The van der Waals surface area contributed by atoms with Gasteiger partial charge in [-0.3, -0.25) is 0 Å². The molecule has 0 atom stereocenters. The molecule has 0 aliphatic carbocycles. The highest BCUT2D eigenvalue weighted by Crippen LogP contribution is 2.20. The van der Waals surface area contributed by atoms with Crippen LogP contribution in [0.2, 0.25) is 0 Å². The molecule has 1 N–H and O–H groups in total. The minimum absolute atomic E-state index is 0.213. The van der Waals surface area contributed by atoms with Gasteiger partial charge < -0.3 is 10.0 Å². The Hall–Kier alpha value is -1.39. The number of likely N-dealkylation sites (N-methyl/N-ethyl adjacent to an activating group) is 1. The van der Waals surface area contributed by atoms with E-state index in [4.69, 9.17) is 5.11 Å². The second kappa shape index (κ2) is 6.37. The highest BCUT2D eigenvalue weighted by atomic mass is 32.2. The van der Waals surface area contributed by atoms with Crippen LogP contribution in [0.15, 0.2) is 29.2 Å². The summed E-state index contributed by atoms with van der Waals surface area (Å²) in [5, 5.41) is 8.76. The third-order valence-electron chi connectivity index (χ3n) is 3.27. The zero-order chi connectivity index (χ0) is 14.6. The van der Waals surface area contributed by atoms with Crippen molar-refractivity contribution in [1.82, 2.24) is 9.21 Å². The van der Waals surface area contributed by atoms with Crippen molar-refractivity contribution in [3.8, 4) is 11.8 Å². The summed E-state index contributed by atoms with van der Waals surface area (Å²) < 4.78 is 26.8. The van der Waals surface area contributed by atoms with E-state index in [1.165, 1.54) is 4.31 Å². The Labute approximate surface area is 119 Å². The molecule has 0 saturated carbocycles. The highest BCUT2D eigenvalue weighted by molar-refractivity contribution is 7.89. The Balaban J connectivity index is 2.34. The first-order valence-corrected chi connectivity index (χ1v) is 7.87. The average Bonchev–Trinajstić information content (AvgIpc) is 2.46. The summed E-state index contributed by atoms with van der Waals surface area (Å²) in [6.07, 6.45) is 0. The van der Waals surface area contributed by atoms with Crippen molar-refractivity contribution in [2.75, 3.05) is 39.8 Å². The normalized spacial score (nSPS) is 17.5. The van der Waals surface area contributed by atoms with Gasteiger partial charge in [0.2, 0.25) is 10.0 Å². The van der Waals surface area contributed by atoms with Gasteiger partial charge in [-0.15, -0.1) is 0 Å². The second-order valence-corrected chi connectivity index (χ2v) is 6.57. The summed E-state index contributed by atoms with van der Waals surface area (Å²) in [5.74, 6) is 5.20. The van der Waals surface area contributed by atoms with Crippen LogP contribution in [0.1, 0.15) is 5.56 Å². The van der Waals surface area contributed by atoms with E-state index in [1.54, 1.807) is 24.3 Å². The molecule has 0 radical (unpaired) electrons. The van der Waals surface area contributed by atoms with Crippen molar-refractivity contribution in [3.63, 3.8) is 0 Å². The van der Waals surface area contributed by atoms with Crippen molar-refractivity contribution in [2.45, 2.75) is 4.90 Å². The second-order valence-electron chi connectivity index (χ2n) is 4.66. The van der Waals surface area contributed by atoms with Gasteiger partial charge in [0.1, 0.15) is 6.61 Å². The van der Waals surface area contributed by atoms with Crippen molar-refractivity contribution in [1.29, 1.82) is 0 Å². The lowest BCUT2D eigenvalue weighted by atomic mass is 10.2. The van der Waals surface area contributed by atoms with Crippen LogP contribution in [-0.4, -0.2) is 62.6 Å². The maximum absolute atomic E-state index is 12.7. The summed E-state index contributed by atoms with van der Waals surface area (Å²) in [6, 6.07) is 6.65. The molecule has 0 aromatic heterocycles. The molecular weight excluding hydrogens is 276 g/mol. The van der Waals surface area contributed by atoms with Gasteiger partial charge in [-0.2, -0.15) is 4.31 Å². The van der Waals surface area contributed by atoms with E-state index in [0.717, 1.165) is 13.1 Å². The zero-order valence-electron chi connectivity index (χ0n) is 11.4. The molecule has 1 fully saturated rings. The monoisotopic (exact) mass is 294 g/mol. The fourth-order valence-electron chi connectivity index (χ4n) is 2.10. The average molecular weight is 294 g/mol. The van der Waals surface area contributed by atoms with Gasteiger partial charge in [0, 0.05) is 31.7 Å². The first-order chi connectivity index (χ1) is 9.55. The highest BCUT2D eigenvalue weighted by Gasteiger charge is 2.28. The first-order valence-electron chi connectivity index (χ1n) is 6.43. The minimum atomic E-state index is -3.52. The molecule has 0 bridgehead atoms. The number of hydrogen-bond acceptors (Lipinski definition) is 4. The van der Waals surface area contributed by atoms with Gasteiger partial charge in [0.15, 0.2) is 0 Å². The Bertz CT molecular complexity index is 623. The third-order valence-corrected chi connectivity index (χ3v) is 5.23. The molecule has 6 heteroatoms. The number of benzene rings is 1. The Morgan fingerprint density at radius 2 is 1.85 bits per heavy atom. The van der Waals surface area contributed by atoms with Crippen LogP contribution in [0.5, 0.6) is 0 Å². The maximum Gasteiger partial charge on any atom is 0.244 e. The minimum Gasteiger partial charge on any atom is -0.384 e. The molecular formula is C14H18N2O3S. The molecule has 1 aromatic carbocycles. The lowest BCUT2D eigenvalue weighted by molar-refractivity contribution is 0.222. The van der Waals surface area contributed by atoms with Crippen LogP contribution in [0, 0.1) is 11.8 Å². The van der Waals surface area contributed by atoms with E-state index < -0.39 is 10.0 Å². The Morgan fingerprint density at radius 1 is 1.20 bits per heavy atom. The first kappa shape index (κ1) is 15.0. The quantitative estimate of drug-likeness (QED) is 0.778. The number of rotatable bonds is 2. The summed E-state index contributed by atoms with van der Waals surface area (Å²) in [4.78, 5) is 2.31. The molecule has 108 valence electrons. The molecule has 0 amide bonds.